The van der Waals surface area contributed by atoms with Crippen LogP contribution in [0.3, 0.4) is 0 Å². The number of amides is 1. The molecule has 2 aromatic rings. The molecule has 7 heteroatoms. The van der Waals surface area contributed by atoms with Crippen molar-refractivity contribution in [2.75, 3.05) is 6.54 Å². The van der Waals surface area contributed by atoms with Gasteiger partial charge in [0.2, 0.25) is 0 Å². The first-order chi connectivity index (χ1) is 9.51. The smallest absolute Gasteiger partial charge is 0.258 e. The molecular formula is C13H15ClN4O2. The molecular weight excluding hydrogens is 280 g/mol. The Morgan fingerprint density at radius 2 is 2.25 bits per heavy atom. The second-order valence-corrected chi connectivity index (χ2v) is 4.80. The van der Waals surface area contributed by atoms with Crippen LogP contribution in [-0.4, -0.2) is 37.5 Å². The van der Waals surface area contributed by atoms with Crippen LogP contribution in [0.25, 0.3) is 0 Å². The fourth-order valence-electron chi connectivity index (χ4n) is 1.84. The van der Waals surface area contributed by atoms with Gasteiger partial charge in [-0.3, -0.25) is 9.48 Å². The van der Waals surface area contributed by atoms with Crippen LogP contribution in [0.2, 0.25) is 5.02 Å². The summed E-state index contributed by atoms with van der Waals surface area (Å²) in [6.07, 6.45) is 1.74. The highest BCUT2D eigenvalue weighted by Gasteiger charge is 2.19. The molecule has 0 spiro atoms. The molecule has 0 saturated heterocycles. The maximum absolute atomic E-state index is 12.4. The van der Waals surface area contributed by atoms with E-state index in [1.807, 2.05) is 6.92 Å². The van der Waals surface area contributed by atoms with Gasteiger partial charge in [0.15, 0.2) is 0 Å². The molecule has 2 rings (SSSR count). The number of benzene rings is 1. The molecule has 0 radical (unpaired) electrons. The van der Waals surface area contributed by atoms with Gasteiger partial charge in [0.1, 0.15) is 11.4 Å². The van der Waals surface area contributed by atoms with Gasteiger partial charge in [-0.05, 0) is 25.1 Å². The zero-order valence-electron chi connectivity index (χ0n) is 11.2. The van der Waals surface area contributed by atoms with Crippen molar-refractivity contribution in [1.82, 2.24) is 19.9 Å². The molecule has 0 fully saturated rings. The lowest BCUT2D eigenvalue weighted by molar-refractivity contribution is 0.0747. The quantitative estimate of drug-likeness (QED) is 0.934. The summed E-state index contributed by atoms with van der Waals surface area (Å²) in [5.74, 6) is -0.379. The second-order valence-electron chi connectivity index (χ2n) is 4.36. The van der Waals surface area contributed by atoms with Crippen molar-refractivity contribution in [1.29, 1.82) is 0 Å². The zero-order valence-corrected chi connectivity index (χ0v) is 12.0. The maximum atomic E-state index is 12.4. The van der Waals surface area contributed by atoms with Crippen molar-refractivity contribution < 1.29 is 9.90 Å². The average Bonchev–Trinajstić information content (AvgIpc) is 2.83. The largest absolute Gasteiger partial charge is 0.507 e. The van der Waals surface area contributed by atoms with E-state index in [4.69, 9.17) is 11.6 Å². The van der Waals surface area contributed by atoms with Gasteiger partial charge in [-0.1, -0.05) is 16.8 Å². The predicted octanol–water partition coefficient (Wildman–Crippen LogP) is 1.84. The van der Waals surface area contributed by atoms with E-state index in [9.17, 15) is 9.90 Å². The Morgan fingerprint density at radius 3 is 2.85 bits per heavy atom. The van der Waals surface area contributed by atoms with E-state index in [1.165, 1.54) is 18.2 Å². The summed E-state index contributed by atoms with van der Waals surface area (Å²) in [4.78, 5) is 14.0. The van der Waals surface area contributed by atoms with Crippen LogP contribution in [0, 0.1) is 0 Å². The molecule has 1 heterocycles. The Bertz CT molecular complexity index is 627. The third-order valence-corrected chi connectivity index (χ3v) is 3.10. The molecule has 1 amide bonds. The van der Waals surface area contributed by atoms with E-state index in [0.717, 1.165) is 0 Å². The number of carbonyl (C=O) groups excluding carboxylic acids is 1. The van der Waals surface area contributed by atoms with E-state index < -0.39 is 0 Å². The topological polar surface area (TPSA) is 71.2 Å². The molecule has 6 nitrogen and oxygen atoms in total. The Labute approximate surface area is 121 Å². The highest BCUT2D eigenvalue weighted by Crippen LogP contribution is 2.23. The number of hydrogen-bond donors (Lipinski definition) is 1. The molecule has 0 saturated carbocycles. The number of nitrogens with zero attached hydrogens (tertiary/aromatic N) is 4. The first-order valence-electron chi connectivity index (χ1n) is 6.14. The summed E-state index contributed by atoms with van der Waals surface area (Å²) in [5, 5.41) is 18.0. The van der Waals surface area contributed by atoms with Crippen LogP contribution in [0.5, 0.6) is 5.75 Å². The van der Waals surface area contributed by atoms with Crippen LogP contribution in [0.4, 0.5) is 0 Å². The minimum absolute atomic E-state index is 0.0861. The number of phenolic OH excluding ortho intramolecular Hbond substituents is 1. The van der Waals surface area contributed by atoms with Gasteiger partial charge in [0.25, 0.3) is 5.91 Å². The summed E-state index contributed by atoms with van der Waals surface area (Å²) < 4.78 is 1.57. The lowest BCUT2D eigenvalue weighted by atomic mass is 10.1. The maximum Gasteiger partial charge on any atom is 0.258 e. The summed E-state index contributed by atoms with van der Waals surface area (Å²) in [6.45, 7) is 2.67. The standard InChI is InChI=1S/C13H15ClN4O2/c1-3-18(8-10-7-17(2)16-15-10)13(20)11-6-9(14)4-5-12(11)19/h4-7,19H,3,8H2,1-2H3. The molecule has 1 aromatic heterocycles. The molecule has 0 unspecified atom stereocenters. The summed E-state index contributed by atoms with van der Waals surface area (Å²) in [6, 6.07) is 4.40. The van der Waals surface area contributed by atoms with E-state index in [0.29, 0.717) is 23.8 Å². The Morgan fingerprint density at radius 1 is 1.50 bits per heavy atom. The summed E-state index contributed by atoms with van der Waals surface area (Å²) in [7, 11) is 1.76. The van der Waals surface area contributed by atoms with Gasteiger partial charge in [0.05, 0.1) is 12.1 Å². The van der Waals surface area contributed by atoms with Crippen molar-refractivity contribution in [2.45, 2.75) is 13.5 Å². The third-order valence-electron chi connectivity index (χ3n) is 2.86. The average molecular weight is 295 g/mol. The summed E-state index contributed by atoms with van der Waals surface area (Å²) in [5.41, 5.74) is 0.868. The van der Waals surface area contributed by atoms with Gasteiger partial charge in [0, 0.05) is 24.8 Å². The molecule has 1 aromatic carbocycles. The number of rotatable bonds is 4. The van der Waals surface area contributed by atoms with Gasteiger partial charge in [-0.25, -0.2) is 0 Å². The molecule has 106 valence electrons. The minimum Gasteiger partial charge on any atom is -0.507 e. The van der Waals surface area contributed by atoms with E-state index in [1.54, 1.807) is 22.8 Å². The van der Waals surface area contributed by atoms with Crippen molar-refractivity contribution in [3.63, 3.8) is 0 Å². The second kappa shape index (κ2) is 5.92. The molecule has 0 atom stereocenters. The van der Waals surface area contributed by atoms with E-state index in [2.05, 4.69) is 10.3 Å². The van der Waals surface area contributed by atoms with Crippen molar-refractivity contribution in [3.05, 3.63) is 40.7 Å². The number of carbonyl (C=O) groups is 1. The van der Waals surface area contributed by atoms with Crippen molar-refractivity contribution in [3.8, 4) is 5.75 Å². The molecule has 1 N–H and O–H groups in total. The number of hydrogen-bond acceptors (Lipinski definition) is 4. The number of phenols is 1. The lowest BCUT2D eigenvalue weighted by Gasteiger charge is -2.20. The van der Waals surface area contributed by atoms with Crippen LogP contribution in [0.15, 0.2) is 24.4 Å². The van der Waals surface area contributed by atoms with E-state index in [-0.39, 0.29) is 17.2 Å². The minimum atomic E-state index is -0.293. The molecule has 0 bridgehead atoms. The Kier molecular flexibility index (Phi) is 4.24. The van der Waals surface area contributed by atoms with Crippen LogP contribution in [0.1, 0.15) is 23.0 Å². The number of aromatic nitrogens is 3. The van der Waals surface area contributed by atoms with Crippen LogP contribution < -0.4 is 0 Å². The summed E-state index contributed by atoms with van der Waals surface area (Å²) >= 11 is 5.86. The monoisotopic (exact) mass is 294 g/mol. The fourth-order valence-corrected chi connectivity index (χ4v) is 2.01. The SMILES string of the molecule is CCN(Cc1cn(C)nn1)C(=O)c1cc(Cl)ccc1O. The van der Waals surface area contributed by atoms with Crippen molar-refractivity contribution in [2.24, 2.45) is 7.05 Å². The van der Waals surface area contributed by atoms with Gasteiger partial charge < -0.3 is 10.0 Å². The van der Waals surface area contributed by atoms with Crippen LogP contribution in [-0.2, 0) is 13.6 Å². The molecule has 0 aliphatic rings. The molecule has 20 heavy (non-hydrogen) atoms. The Balaban J connectivity index is 2.22. The number of aromatic hydroxyl groups is 1. The highest BCUT2D eigenvalue weighted by molar-refractivity contribution is 6.31. The van der Waals surface area contributed by atoms with Gasteiger partial charge in [-0.15, -0.1) is 5.10 Å². The van der Waals surface area contributed by atoms with Crippen molar-refractivity contribution >= 4 is 17.5 Å². The van der Waals surface area contributed by atoms with Gasteiger partial charge in [-0.2, -0.15) is 0 Å². The fraction of sp³-hybridized carbons (Fsp3) is 0.308. The highest BCUT2D eigenvalue weighted by atomic mass is 35.5. The molecule has 0 aliphatic heterocycles. The molecule has 0 aliphatic carbocycles. The van der Waals surface area contributed by atoms with Gasteiger partial charge >= 0.3 is 0 Å². The first-order valence-corrected chi connectivity index (χ1v) is 6.52. The predicted molar refractivity (Wildman–Crippen MR) is 74.5 cm³/mol. The Hall–Kier alpha value is -2.08. The normalized spacial score (nSPS) is 10.6. The lowest BCUT2D eigenvalue weighted by Crippen LogP contribution is -2.30. The number of halogens is 1. The first kappa shape index (κ1) is 14.3. The van der Waals surface area contributed by atoms with Crippen LogP contribution >= 0.6 is 11.6 Å². The number of aryl methyl sites for hydroxylation is 1. The zero-order chi connectivity index (χ0) is 14.7. The third kappa shape index (κ3) is 3.08. The van der Waals surface area contributed by atoms with E-state index >= 15 is 0 Å².